The van der Waals surface area contributed by atoms with Crippen LogP contribution in [0.1, 0.15) is 39.6 Å². The summed E-state index contributed by atoms with van der Waals surface area (Å²) < 4.78 is 26.9. The maximum atomic E-state index is 13.9. The minimum atomic E-state index is -1.21. The van der Waals surface area contributed by atoms with E-state index in [1.807, 2.05) is 6.92 Å². The first-order valence-electron chi connectivity index (χ1n) is 6.83. The predicted molar refractivity (Wildman–Crippen MR) is 80.3 cm³/mol. The zero-order valence-corrected chi connectivity index (χ0v) is 13.0. The van der Waals surface area contributed by atoms with Gasteiger partial charge in [0.05, 0.1) is 23.7 Å². The topological polar surface area (TPSA) is 79.3 Å². The van der Waals surface area contributed by atoms with Gasteiger partial charge in [-0.1, -0.05) is 13.0 Å². The van der Waals surface area contributed by atoms with Gasteiger partial charge >= 0.3 is 5.97 Å². The summed E-state index contributed by atoms with van der Waals surface area (Å²) in [6, 6.07) is 1.69. The number of carboxylic acid groups (broad SMARTS) is 1. The summed E-state index contributed by atoms with van der Waals surface area (Å²) >= 11 is 1.18. The SMILES string of the molecule is CCc1ncc(C(=O)N[C@H](CC(=O)O)c2ccc(F)cc2F)s1. The van der Waals surface area contributed by atoms with Gasteiger partial charge in [-0.3, -0.25) is 9.59 Å². The summed E-state index contributed by atoms with van der Waals surface area (Å²) in [5, 5.41) is 12.2. The number of nitrogens with one attached hydrogen (secondary N) is 1. The standard InChI is InChI=1S/C15H14F2N2O3S/c1-2-13-18-7-12(23-13)15(22)19-11(6-14(20)21)9-4-3-8(16)5-10(9)17/h3-5,7,11H,2,6H2,1H3,(H,19,22)(H,20,21)/t11-/m1/s1. The van der Waals surface area contributed by atoms with Gasteiger partial charge in [-0.25, -0.2) is 13.8 Å². The van der Waals surface area contributed by atoms with Crippen molar-refractivity contribution in [3.05, 3.63) is 51.5 Å². The highest BCUT2D eigenvalue weighted by Gasteiger charge is 2.23. The summed E-state index contributed by atoms with van der Waals surface area (Å²) in [5.74, 6) is -3.44. The van der Waals surface area contributed by atoms with Crippen molar-refractivity contribution in [1.82, 2.24) is 10.3 Å². The van der Waals surface area contributed by atoms with Crippen molar-refractivity contribution < 1.29 is 23.5 Å². The van der Waals surface area contributed by atoms with E-state index in [9.17, 15) is 18.4 Å². The number of thiazole rings is 1. The molecule has 1 atom stereocenters. The molecule has 23 heavy (non-hydrogen) atoms. The monoisotopic (exact) mass is 340 g/mol. The van der Waals surface area contributed by atoms with Crippen LogP contribution in [-0.2, 0) is 11.2 Å². The van der Waals surface area contributed by atoms with Crippen LogP contribution in [0.5, 0.6) is 0 Å². The molecule has 0 unspecified atom stereocenters. The second kappa shape index (κ2) is 7.28. The van der Waals surface area contributed by atoms with Gasteiger partial charge in [0.2, 0.25) is 0 Å². The Kier molecular flexibility index (Phi) is 5.38. The minimum Gasteiger partial charge on any atom is -0.481 e. The van der Waals surface area contributed by atoms with Crippen molar-refractivity contribution in [2.45, 2.75) is 25.8 Å². The molecule has 0 saturated heterocycles. The third-order valence-electron chi connectivity index (χ3n) is 3.10. The van der Waals surface area contributed by atoms with Crippen LogP contribution in [0.2, 0.25) is 0 Å². The molecule has 0 aliphatic carbocycles. The van der Waals surface area contributed by atoms with Gasteiger partial charge in [0, 0.05) is 11.6 Å². The first kappa shape index (κ1) is 17.0. The van der Waals surface area contributed by atoms with Crippen molar-refractivity contribution in [3.8, 4) is 0 Å². The fraction of sp³-hybridized carbons (Fsp3) is 0.267. The van der Waals surface area contributed by atoms with E-state index in [1.54, 1.807) is 0 Å². The second-order valence-electron chi connectivity index (χ2n) is 4.76. The number of carbonyl (C=O) groups is 2. The summed E-state index contributed by atoms with van der Waals surface area (Å²) in [7, 11) is 0. The zero-order valence-electron chi connectivity index (χ0n) is 12.2. The molecule has 1 aromatic carbocycles. The van der Waals surface area contributed by atoms with E-state index in [0.717, 1.165) is 17.1 Å². The van der Waals surface area contributed by atoms with Crippen LogP contribution < -0.4 is 5.32 Å². The van der Waals surface area contributed by atoms with Crippen LogP contribution in [0.4, 0.5) is 8.78 Å². The maximum absolute atomic E-state index is 13.9. The van der Waals surface area contributed by atoms with Crippen molar-refractivity contribution in [2.75, 3.05) is 0 Å². The average Bonchev–Trinajstić information content (AvgIpc) is 2.95. The normalized spacial score (nSPS) is 12.0. The molecular weight excluding hydrogens is 326 g/mol. The molecule has 0 spiro atoms. The smallest absolute Gasteiger partial charge is 0.305 e. The summed E-state index contributed by atoms with van der Waals surface area (Å²) in [4.78, 5) is 27.5. The van der Waals surface area contributed by atoms with E-state index in [2.05, 4.69) is 10.3 Å². The number of hydrogen-bond acceptors (Lipinski definition) is 4. The Hall–Kier alpha value is -2.35. The molecule has 0 bridgehead atoms. The number of aliphatic carboxylic acids is 1. The van der Waals surface area contributed by atoms with E-state index in [1.165, 1.54) is 17.5 Å². The number of aromatic nitrogens is 1. The fourth-order valence-electron chi connectivity index (χ4n) is 2.01. The number of carboxylic acids is 1. The molecule has 2 aromatic rings. The fourth-order valence-corrected chi connectivity index (χ4v) is 2.77. The van der Waals surface area contributed by atoms with E-state index < -0.39 is 36.0 Å². The van der Waals surface area contributed by atoms with Crippen LogP contribution >= 0.6 is 11.3 Å². The van der Waals surface area contributed by atoms with Crippen molar-refractivity contribution in [2.24, 2.45) is 0 Å². The maximum Gasteiger partial charge on any atom is 0.305 e. The molecule has 0 aliphatic rings. The minimum absolute atomic E-state index is 0.0811. The zero-order chi connectivity index (χ0) is 17.0. The number of hydrogen-bond donors (Lipinski definition) is 2. The molecule has 1 heterocycles. The van der Waals surface area contributed by atoms with Gasteiger partial charge in [-0.2, -0.15) is 0 Å². The molecule has 0 aliphatic heterocycles. The molecule has 8 heteroatoms. The lowest BCUT2D eigenvalue weighted by Crippen LogP contribution is -2.30. The van der Waals surface area contributed by atoms with Crippen LogP contribution in [0.25, 0.3) is 0 Å². The molecule has 122 valence electrons. The Morgan fingerprint density at radius 2 is 2.13 bits per heavy atom. The van der Waals surface area contributed by atoms with Crippen molar-refractivity contribution in [3.63, 3.8) is 0 Å². The lowest BCUT2D eigenvalue weighted by molar-refractivity contribution is -0.137. The molecule has 2 N–H and O–H groups in total. The molecule has 0 saturated carbocycles. The lowest BCUT2D eigenvalue weighted by atomic mass is 10.0. The van der Waals surface area contributed by atoms with Crippen LogP contribution in [0.15, 0.2) is 24.4 Å². The molecule has 0 fully saturated rings. The summed E-state index contributed by atoms with van der Waals surface area (Å²) in [6.45, 7) is 1.89. The van der Waals surface area contributed by atoms with E-state index >= 15 is 0 Å². The van der Waals surface area contributed by atoms with Gasteiger partial charge in [0.15, 0.2) is 0 Å². The van der Waals surface area contributed by atoms with Gasteiger partial charge in [-0.05, 0) is 12.5 Å². The number of rotatable bonds is 6. The number of benzene rings is 1. The molecule has 0 radical (unpaired) electrons. The highest BCUT2D eigenvalue weighted by atomic mass is 32.1. The third-order valence-corrected chi connectivity index (χ3v) is 4.24. The quantitative estimate of drug-likeness (QED) is 0.847. The largest absolute Gasteiger partial charge is 0.481 e. The van der Waals surface area contributed by atoms with E-state index in [0.29, 0.717) is 17.4 Å². The van der Waals surface area contributed by atoms with Crippen molar-refractivity contribution in [1.29, 1.82) is 0 Å². The van der Waals surface area contributed by atoms with Gasteiger partial charge in [0.25, 0.3) is 5.91 Å². The Morgan fingerprint density at radius 3 is 2.70 bits per heavy atom. The third kappa shape index (κ3) is 4.32. The first-order valence-corrected chi connectivity index (χ1v) is 7.64. The average molecular weight is 340 g/mol. The second-order valence-corrected chi connectivity index (χ2v) is 5.88. The number of amides is 1. The molecule has 1 aromatic heterocycles. The molecular formula is C15H14F2N2O3S. The Bertz CT molecular complexity index is 733. The highest BCUT2D eigenvalue weighted by molar-refractivity contribution is 7.13. The molecule has 1 amide bonds. The van der Waals surface area contributed by atoms with Gasteiger partial charge < -0.3 is 10.4 Å². The number of nitrogens with zero attached hydrogens (tertiary/aromatic N) is 1. The van der Waals surface area contributed by atoms with E-state index in [4.69, 9.17) is 5.11 Å². The summed E-state index contributed by atoms with van der Waals surface area (Å²) in [5.41, 5.74) is -0.0811. The van der Waals surface area contributed by atoms with Crippen LogP contribution in [0.3, 0.4) is 0 Å². The number of carbonyl (C=O) groups excluding carboxylic acids is 1. The van der Waals surface area contributed by atoms with Gasteiger partial charge in [0.1, 0.15) is 16.5 Å². The first-order chi connectivity index (χ1) is 10.9. The Balaban J connectivity index is 2.24. The number of aryl methyl sites for hydroxylation is 1. The van der Waals surface area contributed by atoms with E-state index in [-0.39, 0.29) is 5.56 Å². The Morgan fingerprint density at radius 1 is 1.39 bits per heavy atom. The van der Waals surface area contributed by atoms with Crippen LogP contribution in [-0.4, -0.2) is 22.0 Å². The van der Waals surface area contributed by atoms with Crippen LogP contribution in [0, 0.1) is 11.6 Å². The number of halogens is 2. The predicted octanol–water partition coefficient (Wildman–Crippen LogP) is 2.93. The van der Waals surface area contributed by atoms with Crippen molar-refractivity contribution >= 4 is 23.2 Å². The molecule has 5 nitrogen and oxygen atoms in total. The summed E-state index contributed by atoms with van der Waals surface area (Å²) in [6.07, 6.45) is 1.54. The highest BCUT2D eigenvalue weighted by Crippen LogP contribution is 2.23. The van der Waals surface area contributed by atoms with Gasteiger partial charge in [-0.15, -0.1) is 11.3 Å². The lowest BCUT2D eigenvalue weighted by Gasteiger charge is -2.17. The molecule has 2 rings (SSSR count). The Labute approximate surface area is 135 Å².